The molecule has 0 saturated carbocycles. The Bertz CT molecular complexity index is 3850. The van der Waals surface area contributed by atoms with Crippen molar-refractivity contribution in [1.29, 1.82) is 0 Å². The average Bonchev–Trinajstić information content (AvgIpc) is 3.32. The van der Waals surface area contributed by atoms with E-state index >= 15 is 0 Å². The number of hydrogen-bond acceptors (Lipinski definition) is 6. The summed E-state index contributed by atoms with van der Waals surface area (Å²) in [5.74, 6) is 4.86. The van der Waals surface area contributed by atoms with Crippen molar-refractivity contribution in [3.63, 3.8) is 0 Å². The molecule has 0 heterocycles. The Kier molecular flexibility index (Phi) is 24.3. The van der Waals surface area contributed by atoms with E-state index in [2.05, 4.69) is 274 Å². The Morgan fingerprint density at radius 3 is 0.862 bits per heavy atom. The molecule has 12 heteroatoms. The van der Waals surface area contributed by atoms with Gasteiger partial charge in [0, 0.05) is 16.8 Å². The lowest BCUT2D eigenvalue weighted by Crippen LogP contribution is -2.11. The van der Waals surface area contributed by atoms with Crippen molar-refractivity contribution in [3.05, 3.63) is 338 Å². The first-order valence-electron chi connectivity index (χ1n) is 27.8. The van der Waals surface area contributed by atoms with E-state index in [1.165, 1.54) is 39.2 Å². The summed E-state index contributed by atoms with van der Waals surface area (Å²) in [5, 5.41) is 0. The van der Waals surface area contributed by atoms with Gasteiger partial charge in [-0.3, -0.25) is 0 Å². The van der Waals surface area contributed by atoms with Gasteiger partial charge in [-0.2, -0.15) is 0 Å². The summed E-state index contributed by atoms with van der Waals surface area (Å²) in [5.41, 5.74) is 0. The molecule has 0 aliphatic carbocycles. The van der Waals surface area contributed by atoms with E-state index in [-0.39, 0.29) is 53.1 Å². The number of para-hydroxylation sites is 1. The summed E-state index contributed by atoms with van der Waals surface area (Å²) in [7, 11) is -0.599. The highest BCUT2D eigenvalue weighted by atomic mass is 127. The lowest BCUT2D eigenvalue weighted by Gasteiger charge is -2.13. The molecule has 6 nitrogen and oxygen atoms in total. The van der Waals surface area contributed by atoms with Crippen LogP contribution in [0, 0.1) is 10.7 Å². The Morgan fingerprint density at radius 2 is 0.483 bits per heavy atom. The number of rotatable bonds is 21. The van der Waals surface area contributed by atoms with Crippen molar-refractivity contribution in [2.24, 2.45) is 0 Å². The molecule has 0 unspecified atom stereocenters. The summed E-state index contributed by atoms with van der Waals surface area (Å²) in [6.07, 6.45) is 0. The lowest BCUT2D eigenvalue weighted by molar-refractivity contribution is 0.117. The fourth-order valence-corrected chi connectivity index (χ4v) is 16.7. The van der Waals surface area contributed by atoms with Gasteiger partial charge >= 0.3 is 0 Å². The molecule has 0 fully saturated rings. The summed E-state index contributed by atoms with van der Waals surface area (Å²) in [6, 6.07) is 112. The third-order valence-corrected chi connectivity index (χ3v) is 21.5. The third kappa shape index (κ3) is 19.1. The van der Waals surface area contributed by atoms with Crippen LogP contribution in [0.1, 0.15) is 0 Å². The molecule has 0 saturated heterocycles. The highest BCUT2D eigenvalue weighted by Gasteiger charge is 2.33. The molecule has 0 amide bonds. The standard InChI is InChI=1S/3C25H20IO2S/c26-20-9-7-10-21(17-20)27-19-28-22-11-8-16-25(18-22)29(23-12-3-1-4-13-23)24-14-5-2-6-15-24;26-20-10-9-11-21(18-20)27-19-28-24-16-7-8-17-25(24)29(22-12-3-1-4-13-22)23-14-5-2-6-15-23;26-20-8-7-9-22(18-20)28-19-27-21-14-16-25(17-15-21)29(23-10-3-1-4-11-23)24-12-5-2-6-13-24/h3*1-18H,19H2/q3*+1. The number of benzene rings is 12. The van der Waals surface area contributed by atoms with Crippen molar-refractivity contribution in [2.45, 2.75) is 44.1 Å². The monoisotopic (exact) mass is 1530 g/mol. The summed E-state index contributed by atoms with van der Waals surface area (Å²) < 4.78 is 38.4. The van der Waals surface area contributed by atoms with Crippen LogP contribution in [0.5, 0.6) is 34.5 Å². The van der Waals surface area contributed by atoms with Crippen LogP contribution in [0.4, 0.5) is 0 Å². The van der Waals surface area contributed by atoms with Gasteiger partial charge in [-0.15, -0.1) is 0 Å². The molecule has 12 rings (SSSR count). The molecule has 12 aromatic carbocycles. The molecular formula is C75H60I3O6S3+3. The zero-order chi connectivity index (χ0) is 59.7. The molecule has 0 aliphatic heterocycles. The molecule has 12 aromatic rings. The largest absolute Gasteiger partial charge is 0.457 e. The maximum Gasteiger partial charge on any atom is 0.231 e. The van der Waals surface area contributed by atoms with Crippen LogP contribution < -0.4 is 28.4 Å². The van der Waals surface area contributed by atoms with Gasteiger partial charge in [-0.1, -0.05) is 146 Å². The zero-order valence-corrected chi connectivity index (χ0v) is 56.0. The van der Waals surface area contributed by atoms with Crippen LogP contribution in [0.2, 0.25) is 0 Å². The molecule has 0 atom stereocenters. The Hall–Kier alpha value is -7.32. The molecule has 0 N–H and O–H groups in total. The first-order valence-corrected chi connectivity index (χ1v) is 34.7. The van der Waals surface area contributed by atoms with Gasteiger partial charge in [0.1, 0.15) is 39.6 Å². The normalized spacial score (nSPS) is 10.7. The van der Waals surface area contributed by atoms with E-state index in [1.54, 1.807) is 0 Å². The van der Waals surface area contributed by atoms with Crippen LogP contribution in [0.25, 0.3) is 0 Å². The number of ether oxygens (including phenoxy) is 6. The maximum atomic E-state index is 6.09. The molecule has 0 aliphatic rings. The van der Waals surface area contributed by atoms with Gasteiger partial charge in [-0.25, -0.2) is 0 Å². The first-order chi connectivity index (χ1) is 42.9. The summed E-state index contributed by atoms with van der Waals surface area (Å²) in [6.45, 7) is 0.522. The Labute approximate surface area is 560 Å². The van der Waals surface area contributed by atoms with Gasteiger partial charge < -0.3 is 28.4 Å². The molecule has 87 heavy (non-hydrogen) atoms. The van der Waals surface area contributed by atoms with E-state index in [9.17, 15) is 0 Å². The SMILES string of the molecule is Ic1cccc(OCOc2ccc([S+](c3ccccc3)c3ccccc3)cc2)c1.Ic1cccc(OCOc2cccc([S+](c3ccccc3)c3ccccc3)c2)c1.Ic1cccc(OCOc2ccccc2[S+](c2ccccc2)c2ccccc2)c1. The number of hydrogen-bond donors (Lipinski definition) is 0. The predicted octanol–water partition coefficient (Wildman–Crippen LogP) is 20.4. The summed E-state index contributed by atoms with van der Waals surface area (Å²) in [4.78, 5) is 11.3. The zero-order valence-electron chi connectivity index (χ0n) is 47.1. The highest BCUT2D eigenvalue weighted by Crippen LogP contribution is 2.38. The van der Waals surface area contributed by atoms with Gasteiger partial charge in [0.25, 0.3) is 0 Å². The lowest BCUT2D eigenvalue weighted by atomic mass is 10.3. The second-order valence-electron chi connectivity index (χ2n) is 18.8. The minimum Gasteiger partial charge on any atom is -0.457 e. The van der Waals surface area contributed by atoms with Crippen LogP contribution in [0.15, 0.2) is 372 Å². The van der Waals surface area contributed by atoms with Crippen molar-refractivity contribution in [1.82, 2.24) is 0 Å². The number of halogens is 3. The fourth-order valence-electron chi connectivity index (χ4n) is 8.81. The third-order valence-electron chi connectivity index (χ3n) is 12.8. The Morgan fingerprint density at radius 1 is 0.207 bits per heavy atom. The van der Waals surface area contributed by atoms with Crippen molar-refractivity contribution >= 4 is 100 Å². The van der Waals surface area contributed by atoms with Gasteiger partial charge in [0.05, 0.1) is 21.8 Å². The van der Waals surface area contributed by atoms with E-state index in [0.29, 0.717) is 0 Å². The van der Waals surface area contributed by atoms with E-state index < -0.39 is 0 Å². The van der Waals surface area contributed by atoms with Crippen LogP contribution in [-0.2, 0) is 32.7 Å². The Balaban J connectivity index is 0.000000144. The van der Waals surface area contributed by atoms with Crippen LogP contribution in [-0.4, -0.2) is 20.4 Å². The topological polar surface area (TPSA) is 55.4 Å². The fraction of sp³-hybridized carbons (Fsp3) is 0.0400. The molecule has 0 aromatic heterocycles. The predicted molar refractivity (Wildman–Crippen MR) is 380 cm³/mol. The van der Waals surface area contributed by atoms with Gasteiger partial charge in [0.2, 0.25) is 25.3 Å². The van der Waals surface area contributed by atoms with Crippen LogP contribution >= 0.6 is 67.8 Å². The second-order valence-corrected chi connectivity index (χ2v) is 28.6. The molecule has 0 spiro atoms. The smallest absolute Gasteiger partial charge is 0.231 e. The molecular weight excluding hydrogens is 1470 g/mol. The van der Waals surface area contributed by atoms with E-state index in [1.807, 2.05) is 121 Å². The molecule has 0 bridgehead atoms. The minimum absolute atomic E-state index is 0.149. The van der Waals surface area contributed by atoms with Gasteiger partial charge in [0.15, 0.2) is 44.9 Å². The summed E-state index contributed by atoms with van der Waals surface area (Å²) >= 11 is 6.82. The van der Waals surface area contributed by atoms with Gasteiger partial charge in [-0.05, 0) is 244 Å². The minimum atomic E-state index is -0.260. The van der Waals surface area contributed by atoms with Crippen molar-refractivity contribution in [3.8, 4) is 34.5 Å². The van der Waals surface area contributed by atoms with E-state index in [0.717, 1.165) is 50.1 Å². The molecule has 432 valence electrons. The van der Waals surface area contributed by atoms with Crippen LogP contribution in [0.3, 0.4) is 0 Å². The average molecular weight is 1530 g/mol. The highest BCUT2D eigenvalue weighted by molar-refractivity contribution is 14.1. The second kappa shape index (κ2) is 33.7. The van der Waals surface area contributed by atoms with E-state index in [4.69, 9.17) is 28.4 Å². The maximum absolute atomic E-state index is 6.09. The van der Waals surface area contributed by atoms with Crippen molar-refractivity contribution in [2.75, 3.05) is 20.4 Å². The quantitative estimate of drug-likeness (QED) is 0.0406. The van der Waals surface area contributed by atoms with Crippen molar-refractivity contribution < 1.29 is 28.4 Å². The molecule has 0 radical (unpaired) electrons. The first kappa shape index (κ1) is 62.7.